The van der Waals surface area contributed by atoms with Crippen LogP contribution in [0.4, 0.5) is 24.9 Å². The van der Waals surface area contributed by atoms with Gasteiger partial charge in [0.1, 0.15) is 23.6 Å². The summed E-state index contributed by atoms with van der Waals surface area (Å²) in [4.78, 5) is 40.1. The molecule has 0 atom stereocenters. The van der Waals surface area contributed by atoms with Gasteiger partial charge in [0, 0.05) is 42.7 Å². The van der Waals surface area contributed by atoms with Crippen molar-refractivity contribution in [3.05, 3.63) is 40.4 Å². The maximum Gasteiger partial charge on any atom is 0.413 e. The Morgan fingerprint density at radius 1 is 1.13 bits per heavy atom. The predicted molar refractivity (Wildman–Crippen MR) is 150 cm³/mol. The van der Waals surface area contributed by atoms with Crippen LogP contribution in [0, 0.1) is 5.82 Å². The fraction of sp³-hybridized carbons (Fsp3) is 0.320. The molecule has 2 amide bonds. The summed E-state index contributed by atoms with van der Waals surface area (Å²) in [6.45, 7) is 6.75. The summed E-state index contributed by atoms with van der Waals surface area (Å²) < 4.78 is 20.3. The van der Waals surface area contributed by atoms with Crippen molar-refractivity contribution in [2.75, 3.05) is 36.4 Å². The van der Waals surface area contributed by atoms with Gasteiger partial charge in [0.15, 0.2) is 5.13 Å². The van der Waals surface area contributed by atoms with Gasteiger partial charge in [0.05, 0.1) is 25.8 Å². The normalized spacial score (nSPS) is 14.2. The van der Waals surface area contributed by atoms with Crippen LogP contribution in [0.1, 0.15) is 20.8 Å². The number of anilines is 2. The van der Waals surface area contributed by atoms with Crippen molar-refractivity contribution in [3.63, 3.8) is 0 Å². The van der Waals surface area contributed by atoms with Gasteiger partial charge in [0.25, 0.3) is 0 Å². The molecule has 204 valence electrons. The average molecular weight is 593 g/mol. The van der Waals surface area contributed by atoms with E-state index < -0.39 is 23.6 Å². The molecule has 2 N–H and O–H groups in total. The molecule has 1 aliphatic heterocycles. The van der Waals surface area contributed by atoms with Gasteiger partial charge in [-0.1, -0.05) is 34.5 Å². The van der Waals surface area contributed by atoms with Gasteiger partial charge < -0.3 is 19.6 Å². The van der Waals surface area contributed by atoms with E-state index in [9.17, 15) is 19.1 Å². The van der Waals surface area contributed by atoms with Crippen LogP contribution in [0.25, 0.3) is 32.2 Å². The van der Waals surface area contributed by atoms with E-state index >= 15 is 0 Å². The SMILES string of the molecule is CC(C)(C)OC(=O)Nc1nc2c(-c3c(Cl)cc4c(N5CCN(C(=O)O)CC5)ncnc4c3Cl)ccc(F)c2s1. The van der Waals surface area contributed by atoms with E-state index in [4.69, 9.17) is 27.9 Å². The van der Waals surface area contributed by atoms with Crippen LogP contribution in [-0.4, -0.2) is 68.9 Å². The number of halogens is 3. The second-order valence-electron chi connectivity index (χ2n) is 9.82. The molecule has 14 heteroatoms. The lowest BCUT2D eigenvalue weighted by atomic mass is 10.0. The lowest BCUT2D eigenvalue weighted by Crippen LogP contribution is -2.48. The lowest BCUT2D eigenvalue weighted by molar-refractivity contribution is 0.0636. The Hall–Kier alpha value is -3.48. The highest BCUT2D eigenvalue weighted by atomic mass is 35.5. The highest BCUT2D eigenvalue weighted by Gasteiger charge is 2.26. The van der Waals surface area contributed by atoms with Crippen LogP contribution < -0.4 is 10.2 Å². The maximum atomic E-state index is 14.8. The molecule has 0 radical (unpaired) electrons. The molecule has 5 rings (SSSR count). The molecule has 0 saturated carbocycles. The van der Waals surface area contributed by atoms with E-state index in [1.54, 1.807) is 26.8 Å². The summed E-state index contributed by atoms with van der Waals surface area (Å²) in [7, 11) is 0. The van der Waals surface area contributed by atoms with E-state index in [1.165, 1.54) is 23.4 Å². The van der Waals surface area contributed by atoms with Crippen molar-refractivity contribution in [1.82, 2.24) is 19.9 Å². The highest BCUT2D eigenvalue weighted by Crippen LogP contribution is 2.45. The quantitative estimate of drug-likeness (QED) is 0.276. The number of hydrogen-bond acceptors (Lipinski definition) is 8. The van der Waals surface area contributed by atoms with Crippen LogP contribution in [0.5, 0.6) is 0 Å². The fourth-order valence-corrected chi connectivity index (χ4v) is 5.94. The molecular weight excluding hydrogens is 570 g/mol. The Morgan fingerprint density at radius 2 is 1.85 bits per heavy atom. The van der Waals surface area contributed by atoms with Gasteiger partial charge in [-0.25, -0.2) is 28.9 Å². The first-order chi connectivity index (χ1) is 18.4. The Labute approximate surface area is 236 Å². The van der Waals surface area contributed by atoms with Crippen LogP contribution in [0.3, 0.4) is 0 Å². The molecule has 4 aromatic rings. The summed E-state index contributed by atoms with van der Waals surface area (Å²) in [5, 5.41) is 13.1. The van der Waals surface area contributed by atoms with E-state index in [0.29, 0.717) is 54.0 Å². The van der Waals surface area contributed by atoms with Gasteiger partial charge >= 0.3 is 12.2 Å². The van der Waals surface area contributed by atoms with E-state index in [0.717, 1.165) is 11.3 Å². The topological polar surface area (TPSA) is 121 Å². The Bertz CT molecular complexity index is 1620. The molecule has 0 spiro atoms. The largest absolute Gasteiger partial charge is 0.465 e. The Kier molecular flexibility index (Phi) is 7.12. The number of fused-ring (bicyclic) bond motifs is 2. The summed E-state index contributed by atoms with van der Waals surface area (Å²) in [5.74, 6) is 0.0729. The van der Waals surface area contributed by atoms with Gasteiger partial charge in [-0.2, -0.15) is 0 Å². The Morgan fingerprint density at radius 3 is 2.51 bits per heavy atom. The number of carboxylic acid groups (broad SMARTS) is 1. The number of ether oxygens (including phenoxy) is 1. The summed E-state index contributed by atoms with van der Waals surface area (Å²) in [6, 6.07) is 4.51. The van der Waals surface area contributed by atoms with E-state index in [2.05, 4.69) is 20.3 Å². The second-order valence-corrected chi connectivity index (χ2v) is 11.6. The van der Waals surface area contributed by atoms with Crippen molar-refractivity contribution in [1.29, 1.82) is 0 Å². The van der Waals surface area contributed by atoms with Crippen molar-refractivity contribution >= 4 is 78.8 Å². The first-order valence-corrected chi connectivity index (χ1v) is 13.4. The molecule has 0 unspecified atom stereocenters. The molecule has 0 aliphatic carbocycles. The monoisotopic (exact) mass is 592 g/mol. The number of hydrogen-bond donors (Lipinski definition) is 2. The molecule has 1 fully saturated rings. The minimum atomic E-state index is -0.963. The Balaban J connectivity index is 1.56. The zero-order valence-electron chi connectivity index (χ0n) is 21.1. The molecule has 2 aromatic carbocycles. The van der Waals surface area contributed by atoms with Crippen LogP contribution >= 0.6 is 34.5 Å². The maximum absolute atomic E-state index is 14.8. The van der Waals surface area contributed by atoms with E-state index in [1.807, 2.05) is 4.90 Å². The average Bonchev–Trinajstić information content (AvgIpc) is 3.28. The summed E-state index contributed by atoms with van der Waals surface area (Å²) in [5.41, 5.74) is 0.862. The third-order valence-electron chi connectivity index (χ3n) is 6.02. The molecule has 1 aliphatic rings. The van der Waals surface area contributed by atoms with Gasteiger partial charge in [-0.05, 0) is 39.0 Å². The number of thiazole rings is 1. The smallest absolute Gasteiger partial charge is 0.413 e. The molecule has 10 nitrogen and oxygen atoms in total. The molecule has 0 bridgehead atoms. The highest BCUT2D eigenvalue weighted by molar-refractivity contribution is 7.22. The number of amides is 2. The standard InChI is InChI=1S/C25H23Cl2FN6O4S/c1-25(2,3)38-23(35)32-22-31-19-12(4-5-15(28)20(19)39-22)16-14(26)10-13-18(17(16)27)29-11-30-21(13)33-6-8-34(9-7-33)24(36)37/h4-5,10-11H,6-9H2,1-3H3,(H,36,37)(H,31,32,35). The molecule has 39 heavy (non-hydrogen) atoms. The van der Waals surface area contributed by atoms with Crippen LogP contribution in [0.2, 0.25) is 10.0 Å². The lowest BCUT2D eigenvalue weighted by Gasteiger charge is -2.34. The number of benzene rings is 2. The van der Waals surface area contributed by atoms with Gasteiger partial charge in [-0.3, -0.25) is 5.32 Å². The third kappa shape index (κ3) is 5.36. The van der Waals surface area contributed by atoms with Crippen molar-refractivity contribution in [2.45, 2.75) is 26.4 Å². The van der Waals surface area contributed by atoms with Gasteiger partial charge in [0.2, 0.25) is 0 Å². The predicted octanol–water partition coefficient (Wildman–Crippen LogP) is 6.50. The molecule has 3 heterocycles. The van der Waals surface area contributed by atoms with Crippen LogP contribution in [-0.2, 0) is 4.74 Å². The molecular formula is C25H23Cl2FN6O4S. The van der Waals surface area contributed by atoms with E-state index in [-0.39, 0.29) is 25.4 Å². The number of carbonyl (C=O) groups is 2. The number of piperazine rings is 1. The van der Waals surface area contributed by atoms with Crippen molar-refractivity contribution < 1.29 is 23.8 Å². The zero-order chi connectivity index (χ0) is 28.1. The summed E-state index contributed by atoms with van der Waals surface area (Å²) >= 11 is 14.6. The fourth-order valence-electron chi connectivity index (χ4n) is 4.35. The summed E-state index contributed by atoms with van der Waals surface area (Å²) in [6.07, 6.45) is -0.287. The number of rotatable bonds is 3. The minimum absolute atomic E-state index is 0.156. The number of carbonyl (C=O) groups excluding carboxylic acids is 1. The van der Waals surface area contributed by atoms with Crippen LogP contribution in [0.15, 0.2) is 24.5 Å². The third-order valence-corrected chi connectivity index (χ3v) is 7.67. The second kappa shape index (κ2) is 10.2. The van der Waals surface area contributed by atoms with Crippen molar-refractivity contribution in [3.8, 4) is 11.1 Å². The van der Waals surface area contributed by atoms with Gasteiger partial charge in [-0.15, -0.1) is 0 Å². The first-order valence-electron chi connectivity index (χ1n) is 11.9. The van der Waals surface area contributed by atoms with Crippen molar-refractivity contribution in [2.24, 2.45) is 0 Å². The first kappa shape index (κ1) is 27.1. The molecule has 2 aromatic heterocycles. The number of nitrogens with one attached hydrogen (secondary N) is 1. The minimum Gasteiger partial charge on any atom is -0.465 e. The number of aromatic nitrogens is 3. The zero-order valence-corrected chi connectivity index (χ0v) is 23.4. The molecule has 1 saturated heterocycles. The number of nitrogens with zero attached hydrogens (tertiary/aromatic N) is 5.